The lowest BCUT2D eigenvalue weighted by atomic mass is 10.1. The van der Waals surface area contributed by atoms with E-state index in [9.17, 15) is 42.1 Å². The Morgan fingerprint density at radius 1 is 0.467 bits per heavy atom. The predicted molar refractivity (Wildman–Crippen MR) is 84.3 cm³/mol. The second kappa shape index (κ2) is 10.3. The minimum atomic E-state index is -5.78. The Balaban J connectivity index is 6.39. The topological polar surface area (TPSA) is 318 Å². The molecule has 0 aromatic rings. The summed E-state index contributed by atoms with van der Waals surface area (Å²) in [4.78, 5) is 0. The summed E-state index contributed by atoms with van der Waals surface area (Å²) in [7, 11) is -28.1. The third kappa shape index (κ3) is 16.1. The van der Waals surface area contributed by atoms with Crippen molar-refractivity contribution in [3.05, 3.63) is 0 Å². The van der Waals surface area contributed by atoms with E-state index in [1.54, 1.807) is 0 Å². The van der Waals surface area contributed by atoms with Crippen LogP contribution in [0.5, 0.6) is 0 Å². The van der Waals surface area contributed by atoms with Gasteiger partial charge in [0.05, 0.1) is 13.2 Å². The molecule has 25 heteroatoms. The van der Waals surface area contributed by atoms with Gasteiger partial charge in [-0.25, -0.2) is 20.9 Å². The summed E-state index contributed by atoms with van der Waals surface area (Å²) in [6.07, 6.45) is -8.81. The molecule has 0 aliphatic carbocycles. The third-order valence-electron chi connectivity index (χ3n) is 2.22. The Labute approximate surface area is 169 Å². The Bertz CT molecular complexity index is 1020. The molecule has 0 bridgehead atoms. The number of hydrogen-bond donors (Lipinski definition) is 5. The fraction of sp³-hybridized carbons (Fsp3) is 1.00. The molecule has 5 N–H and O–H groups in total. The van der Waals surface area contributed by atoms with Crippen LogP contribution in [0.25, 0.3) is 0 Å². The SMILES string of the molecule is O=S(=O)(O)OCC(OS(=O)(=O)O)C(OS(=O)(=O)O)C(COS(=O)(=O)O)OS(=O)(=O)O. The van der Waals surface area contributed by atoms with Crippen molar-refractivity contribution in [2.75, 3.05) is 13.2 Å². The van der Waals surface area contributed by atoms with E-state index < -0.39 is 83.5 Å². The summed E-state index contributed by atoms with van der Waals surface area (Å²) in [5.41, 5.74) is 0. The Morgan fingerprint density at radius 2 is 0.733 bits per heavy atom. The highest BCUT2D eigenvalue weighted by Crippen LogP contribution is 2.20. The second-order valence-corrected chi connectivity index (χ2v) is 9.86. The fourth-order valence-electron chi connectivity index (χ4n) is 1.48. The smallest absolute Gasteiger partial charge is 0.264 e. The summed E-state index contributed by atoms with van der Waals surface area (Å²) in [5, 5.41) is 0. The Morgan fingerprint density at radius 3 is 0.933 bits per heavy atom. The molecule has 0 amide bonds. The molecule has 20 nitrogen and oxygen atoms in total. The van der Waals surface area contributed by atoms with Gasteiger partial charge in [0.1, 0.15) is 18.3 Å². The van der Waals surface area contributed by atoms with Crippen molar-refractivity contribution in [1.82, 2.24) is 0 Å². The average Bonchev–Trinajstić information content (AvgIpc) is 2.40. The zero-order valence-corrected chi connectivity index (χ0v) is 17.6. The minimum absolute atomic E-state index is 1.84. The van der Waals surface area contributed by atoms with Crippen molar-refractivity contribution in [3.8, 4) is 0 Å². The zero-order valence-electron chi connectivity index (χ0n) is 13.5. The maximum atomic E-state index is 11.0. The van der Waals surface area contributed by atoms with E-state index in [1.807, 2.05) is 0 Å². The first-order chi connectivity index (χ1) is 13.0. The maximum absolute atomic E-state index is 11.0. The van der Waals surface area contributed by atoms with Gasteiger partial charge in [0, 0.05) is 0 Å². The van der Waals surface area contributed by atoms with Crippen LogP contribution >= 0.6 is 0 Å². The van der Waals surface area contributed by atoms with Crippen LogP contribution in [0, 0.1) is 0 Å². The molecule has 0 aliphatic heterocycles. The van der Waals surface area contributed by atoms with Crippen LogP contribution in [0.1, 0.15) is 0 Å². The molecule has 0 aliphatic rings. The first-order valence-electron chi connectivity index (χ1n) is 6.18. The highest BCUT2D eigenvalue weighted by atomic mass is 32.3. The molecular formula is C5H12O20S5. The molecule has 0 saturated heterocycles. The zero-order chi connectivity index (χ0) is 24.2. The van der Waals surface area contributed by atoms with Gasteiger partial charge in [-0.1, -0.05) is 0 Å². The van der Waals surface area contributed by atoms with E-state index in [1.165, 1.54) is 0 Å². The highest BCUT2D eigenvalue weighted by Gasteiger charge is 2.42. The van der Waals surface area contributed by atoms with Gasteiger partial charge in [0.2, 0.25) is 0 Å². The molecule has 182 valence electrons. The van der Waals surface area contributed by atoms with Crippen molar-refractivity contribution >= 4 is 52.0 Å². The van der Waals surface area contributed by atoms with Crippen LogP contribution in [0.3, 0.4) is 0 Å². The van der Waals surface area contributed by atoms with Crippen LogP contribution in [-0.2, 0) is 72.9 Å². The lowest BCUT2D eigenvalue weighted by molar-refractivity contribution is -0.0552. The molecule has 30 heavy (non-hydrogen) atoms. The molecule has 0 saturated carbocycles. The van der Waals surface area contributed by atoms with Gasteiger partial charge < -0.3 is 0 Å². The van der Waals surface area contributed by atoms with E-state index in [0.717, 1.165) is 0 Å². The first-order valence-corrected chi connectivity index (χ1v) is 13.0. The van der Waals surface area contributed by atoms with Crippen molar-refractivity contribution in [2.24, 2.45) is 0 Å². The summed E-state index contributed by atoms with van der Waals surface area (Å²) >= 11 is 0. The quantitative estimate of drug-likeness (QED) is 0.129. The second-order valence-electron chi connectivity index (χ2n) is 4.54. The average molecular weight is 552 g/mol. The van der Waals surface area contributed by atoms with E-state index in [0.29, 0.717) is 0 Å². The molecule has 0 radical (unpaired) electrons. The van der Waals surface area contributed by atoms with Gasteiger partial charge in [-0.15, -0.1) is 0 Å². The molecule has 2 unspecified atom stereocenters. The summed E-state index contributed by atoms with van der Waals surface area (Å²) < 4.78 is 170. The van der Waals surface area contributed by atoms with Crippen molar-refractivity contribution in [3.63, 3.8) is 0 Å². The highest BCUT2D eigenvalue weighted by molar-refractivity contribution is 7.82. The van der Waals surface area contributed by atoms with Crippen LogP contribution in [-0.4, -0.2) is 96.4 Å². The van der Waals surface area contributed by atoms with Gasteiger partial charge >= 0.3 is 52.0 Å². The molecule has 0 spiro atoms. The number of hydrogen-bond acceptors (Lipinski definition) is 15. The Hall–Kier alpha value is -0.650. The van der Waals surface area contributed by atoms with Crippen LogP contribution in [0.2, 0.25) is 0 Å². The molecule has 0 aromatic heterocycles. The van der Waals surface area contributed by atoms with E-state index in [2.05, 4.69) is 20.9 Å². The molecule has 2 atom stereocenters. The third-order valence-corrected chi connectivity index (χ3v) is 4.53. The van der Waals surface area contributed by atoms with Gasteiger partial charge in [-0.2, -0.15) is 42.1 Å². The van der Waals surface area contributed by atoms with E-state index >= 15 is 0 Å². The van der Waals surface area contributed by atoms with Crippen molar-refractivity contribution in [1.29, 1.82) is 0 Å². The normalized spacial score (nSPS) is 17.4. The molecule has 0 rings (SSSR count). The Kier molecular flexibility index (Phi) is 10.1. The summed E-state index contributed by atoms with van der Waals surface area (Å²) in [6.45, 7) is -3.67. The van der Waals surface area contributed by atoms with Crippen LogP contribution in [0.15, 0.2) is 0 Å². The van der Waals surface area contributed by atoms with E-state index in [4.69, 9.17) is 22.8 Å². The monoisotopic (exact) mass is 552 g/mol. The van der Waals surface area contributed by atoms with Gasteiger partial charge in [0.25, 0.3) is 0 Å². The fourth-order valence-corrected chi connectivity index (χ4v) is 3.57. The van der Waals surface area contributed by atoms with Crippen molar-refractivity contribution in [2.45, 2.75) is 18.3 Å². The molecule has 0 heterocycles. The largest absolute Gasteiger partial charge is 0.397 e. The van der Waals surface area contributed by atoms with Crippen LogP contribution in [0.4, 0.5) is 0 Å². The summed E-state index contributed by atoms with van der Waals surface area (Å²) in [5.74, 6) is 0. The minimum Gasteiger partial charge on any atom is -0.264 e. The summed E-state index contributed by atoms with van der Waals surface area (Å²) in [6, 6.07) is 0. The lowest BCUT2D eigenvalue weighted by Crippen LogP contribution is -2.49. The lowest BCUT2D eigenvalue weighted by Gasteiger charge is -2.28. The first kappa shape index (κ1) is 29.4. The van der Waals surface area contributed by atoms with Gasteiger partial charge in [0.15, 0.2) is 0 Å². The van der Waals surface area contributed by atoms with E-state index in [-0.39, 0.29) is 0 Å². The number of rotatable bonds is 14. The maximum Gasteiger partial charge on any atom is 0.397 e. The molecular weight excluding hydrogens is 540 g/mol. The standard InChI is InChI=1S/C5H12O20S5/c6-26(7,8)21-1-3(23-28(12,13)14)5(25-30(18,19)20)4(24-29(15,16)17)2-22-27(9,10)11/h3-5H,1-2H2,(H,6,7,8)(H,9,10,11)(H,12,13,14)(H,15,16,17)(H,18,19,20). The predicted octanol–water partition coefficient (Wildman–Crippen LogP) is -3.81. The van der Waals surface area contributed by atoms with Crippen LogP contribution < -0.4 is 0 Å². The molecule has 0 fully saturated rings. The molecule has 0 aromatic carbocycles. The van der Waals surface area contributed by atoms with Gasteiger partial charge in [-0.05, 0) is 0 Å². The van der Waals surface area contributed by atoms with Gasteiger partial charge in [-0.3, -0.25) is 22.8 Å². The van der Waals surface area contributed by atoms with Crippen molar-refractivity contribution < 1.29 is 85.8 Å².